The van der Waals surface area contributed by atoms with Gasteiger partial charge in [-0.3, -0.25) is 0 Å². The molecule has 0 aromatic heterocycles. The van der Waals surface area contributed by atoms with Crippen molar-refractivity contribution < 1.29 is 9.47 Å². The Balaban J connectivity index is 2.48. The Labute approximate surface area is 124 Å². The Hall–Kier alpha value is -2.48. The fraction of sp³-hybridized carbons (Fsp3) is 0.158. The van der Waals surface area contributed by atoms with Gasteiger partial charge in [0, 0.05) is 21.5 Å². The van der Waals surface area contributed by atoms with Gasteiger partial charge in [0.05, 0.1) is 14.2 Å². The molecule has 2 heteroatoms. The molecule has 0 aliphatic rings. The molecular weight excluding hydrogens is 260 g/mol. The van der Waals surface area contributed by atoms with E-state index in [4.69, 9.17) is 9.47 Å². The molecule has 0 N–H and O–H groups in total. The first kappa shape index (κ1) is 13.5. The van der Waals surface area contributed by atoms with Gasteiger partial charge in [0.2, 0.25) is 0 Å². The Morgan fingerprint density at radius 2 is 1.43 bits per heavy atom. The summed E-state index contributed by atoms with van der Waals surface area (Å²) in [7, 11) is 3.43. The van der Waals surface area contributed by atoms with Gasteiger partial charge < -0.3 is 9.47 Å². The standard InChI is InChI=1S/C19H18O2/c1-4-7-13-10-11-16-17(12-13)19(21-3)15-9-6-5-8-14(15)18(16)20-2/h4-6,8-12H,1,7H2,2-3H3. The maximum Gasteiger partial charge on any atom is 0.134 e. The van der Waals surface area contributed by atoms with Gasteiger partial charge in [0.25, 0.3) is 0 Å². The second-order valence-corrected chi connectivity index (χ2v) is 4.98. The maximum absolute atomic E-state index is 5.69. The minimum Gasteiger partial charge on any atom is -0.495 e. The van der Waals surface area contributed by atoms with Crippen LogP contribution in [0.5, 0.6) is 11.5 Å². The van der Waals surface area contributed by atoms with Crippen molar-refractivity contribution in [2.75, 3.05) is 14.2 Å². The first-order chi connectivity index (χ1) is 10.3. The number of rotatable bonds is 4. The number of methoxy groups -OCH3 is 2. The van der Waals surface area contributed by atoms with Gasteiger partial charge in [-0.2, -0.15) is 0 Å². The lowest BCUT2D eigenvalue weighted by Crippen LogP contribution is -1.93. The maximum atomic E-state index is 5.69. The van der Waals surface area contributed by atoms with Crippen molar-refractivity contribution in [1.82, 2.24) is 0 Å². The van der Waals surface area contributed by atoms with E-state index >= 15 is 0 Å². The minimum atomic E-state index is 0.842. The first-order valence-corrected chi connectivity index (χ1v) is 6.96. The highest BCUT2D eigenvalue weighted by Crippen LogP contribution is 2.42. The molecule has 0 unspecified atom stereocenters. The SMILES string of the molecule is C=CCc1ccc2c(OC)c3ccccc3c(OC)c2c1. The van der Waals surface area contributed by atoms with Gasteiger partial charge >= 0.3 is 0 Å². The molecule has 0 aliphatic carbocycles. The number of benzene rings is 3. The molecule has 3 rings (SSSR count). The Bertz CT molecular complexity index is 819. The Kier molecular flexibility index (Phi) is 3.53. The molecule has 3 aromatic rings. The van der Waals surface area contributed by atoms with E-state index in [9.17, 15) is 0 Å². The number of allylic oxidation sites excluding steroid dienone is 1. The fourth-order valence-corrected chi connectivity index (χ4v) is 2.88. The van der Waals surface area contributed by atoms with Gasteiger partial charge in [0.15, 0.2) is 0 Å². The zero-order chi connectivity index (χ0) is 14.8. The fourth-order valence-electron chi connectivity index (χ4n) is 2.88. The summed E-state index contributed by atoms with van der Waals surface area (Å²) in [5.41, 5.74) is 1.22. The van der Waals surface area contributed by atoms with Crippen molar-refractivity contribution in [2.45, 2.75) is 6.42 Å². The molecule has 0 aliphatic heterocycles. The van der Waals surface area contributed by atoms with E-state index in [0.29, 0.717) is 0 Å². The van der Waals surface area contributed by atoms with Gasteiger partial charge in [-0.1, -0.05) is 42.5 Å². The van der Waals surface area contributed by atoms with Crippen LogP contribution in [0.15, 0.2) is 55.1 Å². The van der Waals surface area contributed by atoms with Crippen LogP contribution < -0.4 is 9.47 Å². The van der Waals surface area contributed by atoms with Crippen molar-refractivity contribution in [2.24, 2.45) is 0 Å². The average molecular weight is 278 g/mol. The van der Waals surface area contributed by atoms with E-state index in [1.165, 1.54) is 5.56 Å². The topological polar surface area (TPSA) is 18.5 Å². The summed E-state index contributed by atoms with van der Waals surface area (Å²) in [6.45, 7) is 3.81. The molecule has 0 saturated carbocycles. The molecule has 0 fully saturated rings. The summed E-state index contributed by atoms with van der Waals surface area (Å²) < 4.78 is 11.4. The van der Waals surface area contributed by atoms with Gasteiger partial charge in [-0.25, -0.2) is 0 Å². The number of ether oxygens (including phenoxy) is 2. The van der Waals surface area contributed by atoms with Crippen LogP contribution in [0.25, 0.3) is 21.5 Å². The highest BCUT2D eigenvalue weighted by atomic mass is 16.5. The molecule has 0 radical (unpaired) electrons. The highest BCUT2D eigenvalue weighted by Gasteiger charge is 2.14. The van der Waals surface area contributed by atoms with Crippen molar-refractivity contribution in [3.05, 3.63) is 60.7 Å². The summed E-state index contributed by atoms with van der Waals surface area (Å²) in [5.74, 6) is 1.79. The van der Waals surface area contributed by atoms with E-state index < -0.39 is 0 Å². The first-order valence-electron chi connectivity index (χ1n) is 6.96. The largest absolute Gasteiger partial charge is 0.495 e. The van der Waals surface area contributed by atoms with E-state index in [-0.39, 0.29) is 0 Å². The molecule has 0 bridgehead atoms. The van der Waals surface area contributed by atoms with Crippen LogP contribution in [-0.2, 0) is 6.42 Å². The second kappa shape index (κ2) is 5.49. The molecule has 0 spiro atoms. The van der Waals surface area contributed by atoms with Crippen molar-refractivity contribution in [3.8, 4) is 11.5 Å². The third-order valence-electron chi connectivity index (χ3n) is 3.78. The predicted octanol–water partition coefficient (Wildman–Crippen LogP) is 4.74. The predicted molar refractivity (Wildman–Crippen MR) is 88.5 cm³/mol. The third-order valence-corrected chi connectivity index (χ3v) is 3.78. The molecule has 0 atom stereocenters. The van der Waals surface area contributed by atoms with Crippen LogP contribution >= 0.6 is 0 Å². The highest BCUT2D eigenvalue weighted by molar-refractivity contribution is 6.11. The Morgan fingerprint density at radius 1 is 0.857 bits per heavy atom. The quantitative estimate of drug-likeness (QED) is 0.507. The summed E-state index contributed by atoms with van der Waals surface area (Å²) >= 11 is 0. The second-order valence-electron chi connectivity index (χ2n) is 4.98. The monoisotopic (exact) mass is 278 g/mol. The average Bonchev–Trinajstić information content (AvgIpc) is 2.52. The summed E-state index contributed by atoms with van der Waals surface area (Å²) in [5, 5.41) is 4.29. The lowest BCUT2D eigenvalue weighted by Gasteiger charge is -2.15. The molecule has 21 heavy (non-hydrogen) atoms. The van der Waals surface area contributed by atoms with Gasteiger partial charge in [-0.05, 0) is 18.1 Å². The molecule has 0 heterocycles. The summed E-state index contributed by atoms with van der Waals surface area (Å²) in [6.07, 6.45) is 2.75. The smallest absolute Gasteiger partial charge is 0.134 e. The summed E-state index contributed by atoms with van der Waals surface area (Å²) in [4.78, 5) is 0. The Morgan fingerprint density at radius 3 is 2.00 bits per heavy atom. The van der Waals surface area contributed by atoms with Crippen molar-refractivity contribution in [1.29, 1.82) is 0 Å². The van der Waals surface area contributed by atoms with E-state index in [0.717, 1.165) is 39.5 Å². The number of hydrogen-bond acceptors (Lipinski definition) is 2. The molecule has 0 saturated heterocycles. The molecular formula is C19H18O2. The molecule has 0 amide bonds. The molecule has 2 nitrogen and oxygen atoms in total. The van der Waals surface area contributed by atoms with Gasteiger partial charge in [-0.15, -0.1) is 6.58 Å². The van der Waals surface area contributed by atoms with Crippen molar-refractivity contribution >= 4 is 21.5 Å². The van der Waals surface area contributed by atoms with E-state index in [2.05, 4.69) is 36.9 Å². The molecule has 106 valence electrons. The van der Waals surface area contributed by atoms with Crippen LogP contribution in [0.3, 0.4) is 0 Å². The lowest BCUT2D eigenvalue weighted by molar-refractivity contribution is 0.417. The zero-order valence-corrected chi connectivity index (χ0v) is 12.3. The zero-order valence-electron chi connectivity index (χ0n) is 12.3. The minimum absolute atomic E-state index is 0.842. The van der Waals surface area contributed by atoms with Crippen LogP contribution in [0.1, 0.15) is 5.56 Å². The van der Waals surface area contributed by atoms with E-state index in [1.54, 1.807) is 14.2 Å². The normalized spacial score (nSPS) is 10.8. The van der Waals surface area contributed by atoms with Crippen LogP contribution in [0.4, 0.5) is 0 Å². The van der Waals surface area contributed by atoms with E-state index in [1.807, 2.05) is 18.2 Å². The van der Waals surface area contributed by atoms with Crippen LogP contribution in [0.2, 0.25) is 0 Å². The molecule has 3 aromatic carbocycles. The van der Waals surface area contributed by atoms with Crippen LogP contribution in [0, 0.1) is 0 Å². The number of fused-ring (bicyclic) bond motifs is 2. The van der Waals surface area contributed by atoms with Gasteiger partial charge in [0.1, 0.15) is 11.5 Å². The third kappa shape index (κ3) is 2.13. The number of hydrogen-bond donors (Lipinski definition) is 0. The van der Waals surface area contributed by atoms with Crippen LogP contribution in [-0.4, -0.2) is 14.2 Å². The summed E-state index contributed by atoms with van der Waals surface area (Å²) in [6, 6.07) is 14.5. The lowest BCUT2D eigenvalue weighted by atomic mass is 9.98. The van der Waals surface area contributed by atoms with Crippen molar-refractivity contribution in [3.63, 3.8) is 0 Å².